The zero-order valence-electron chi connectivity index (χ0n) is 11.8. The molecule has 112 valence electrons. The minimum absolute atomic E-state index is 0.336. The van der Waals surface area contributed by atoms with Crippen molar-refractivity contribution in [1.29, 1.82) is 0 Å². The van der Waals surface area contributed by atoms with Gasteiger partial charge in [-0.15, -0.1) is 0 Å². The number of anilines is 1. The van der Waals surface area contributed by atoms with Crippen LogP contribution in [-0.4, -0.2) is 32.5 Å². The number of benzene rings is 1. The molecule has 1 fully saturated rings. The lowest BCUT2D eigenvalue weighted by Gasteiger charge is -2.21. The number of nitrogens with one attached hydrogen (secondary N) is 2. The Morgan fingerprint density at radius 2 is 2.10 bits per heavy atom. The number of para-hydroxylation sites is 1. The van der Waals surface area contributed by atoms with Crippen LogP contribution in [0.3, 0.4) is 0 Å². The SMILES string of the molecule is CCNc1ccccc1S(=O)(=O)NCC1CCCCS1. The van der Waals surface area contributed by atoms with Crippen LogP contribution in [0.5, 0.6) is 0 Å². The number of hydrogen-bond donors (Lipinski definition) is 2. The lowest BCUT2D eigenvalue weighted by molar-refractivity contribution is 0.574. The van der Waals surface area contributed by atoms with Crippen molar-refractivity contribution in [3.05, 3.63) is 24.3 Å². The number of rotatable bonds is 6. The summed E-state index contributed by atoms with van der Waals surface area (Å²) in [6, 6.07) is 7.04. The Kier molecular flexibility index (Phi) is 5.74. The first kappa shape index (κ1) is 15.7. The Labute approximate surface area is 125 Å². The zero-order chi connectivity index (χ0) is 14.4. The van der Waals surface area contributed by atoms with Gasteiger partial charge in [0.2, 0.25) is 10.0 Å². The summed E-state index contributed by atoms with van der Waals surface area (Å²) in [4.78, 5) is 0.336. The molecule has 0 spiro atoms. The molecule has 0 aromatic heterocycles. The second kappa shape index (κ2) is 7.33. The molecule has 1 aromatic rings. The van der Waals surface area contributed by atoms with Crippen molar-refractivity contribution in [2.45, 2.75) is 36.3 Å². The first-order chi connectivity index (χ1) is 9.63. The molecular weight excluding hydrogens is 292 g/mol. The average molecular weight is 314 g/mol. The molecule has 0 aliphatic carbocycles. The molecule has 6 heteroatoms. The largest absolute Gasteiger partial charge is 0.384 e. The fourth-order valence-electron chi connectivity index (χ4n) is 2.29. The molecule has 1 heterocycles. The van der Waals surface area contributed by atoms with Crippen LogP contribution in [0, 0.1) is 0 Å². The van der Waals surface area contributed by atoms with Gasteiger partial charge < -0.3 is 5.32 Å². The summed E-state index contributed by atoms with van der Waals surface area (Å²) in [6.07, 6.45) is 3.55. The molecule has 1 aliphatic heterocycles. The van der Waals surface area contributed by atoms with Gasteiger partial charge in [-0.1, -0.05) is 18.6 Å². The zero-order valence-corrected chi connectivity index (χ0v) is 13.4. The van der Waals surface area contributed by atoms with E-state index in [1.165, 1.54) is 12.8 Å². The van der Waals surface area contributed by atoms with E-state index in [0.717, 1.165) is 12.2 Å². The second-order valence-electron chi connectivity index (χ2n) is 4.87. The standard InChI is InChI=1S/C14H22N2O2S2/c1-2-15-13-8-3-4-9-14(13)20(17,18)16-11-12-7-5-6-10-19-12/h3-4,8-9,12,15-16H,2,5-7,10-11H2,1H3. The molecule has 0 amide bonds. The third kappa shape index (κ3) is 4.14. The van der Waals surface area contributed by atoms with Crippen molar-refractivity contribution >= 4 is 27.5 Å². The maximum Gasteiger partial charge on any atom is 0.242 e. The van der Waals surface area contributed by atoms with Gasteiger partial charge in [0.05, 0.1) is 5.69 Å². The molecule has 2 rings (SSSR count). The van der Waals surface area contributed by atoms with Crippen molar-refractivity contribution < 1.29 is 8.42 Å². The van der Waals surface area contributed by atoms with Gasteiger partial charge in [-0.3, -0.25) is 0 Å². The van der Waals surface area contributed by atoms with Crippen molar-refractivity contribution in [3.8, 4) is 0 Å². The molecule has 20 heavy (non-hydrogen) atoms. The monoisotopic (exact) mass is 314 g/mol. The lowest BCUT2D eigenvalue weighted by Crippen LogP contribution is -2.32. The maximum atomic E-state index is 12.4. The smallest absolute Gasteiger partial charge is 0.242 e. The lowest BCUT2D eigenvalue weighted by atomic mass is 10.2. The quantitative estimate of drug-likeness (QED) is 0.847. The molecule has 1 aliphatic rings. The van der Waals surface area contributed by atoms with Gasteiger partial charge in [0.15, 0.2) is 0 Å². The number of sulfonamides is 1. The van der Waals surface area contributed by atoms with Crippen LogP contribution in [0.1, 0.15) is 26.2 Å². The Balaban J connectivity index is 2.05. The molecule has 1 atom stereocenters. The van der Waals surface area contributed by atoms with Crippen LogP contribution >= 0.6 is 11.8 Å². The van der Waals surface area contributed by atoms with E-state index >= 15 is 0 Å². The third-order valence-electron chi connectivity index (χ3n) is 3.32. The summed E-state index contributed by atoms with van der Waals surface area (Å²) < 4.78 is 27.6. The Morgan fingerprint density at radius 3 is 2.80 bits per heavy atom. The molecule has 1 saturated heterocycles. The van der Waals surface area contributed by atoms with Gasteiger partial charge in [0.25, 0.3) is 0 Å². The van der Waals surface area contributed by atoms with Crippen LogP contribution in [0.2, 0.25) is 0 Å². The van der Waals surface area contributed by atoms with Gasteiger partial charge in [-0.05, 0) is 37.7 Å². The fourth-order valence-corrected chi connectivity index (χ4v) is 4.89. The highest BCUT2D eigenvalue weighted by molar-refractivity contribution is 8.00. The summed E-state index contributed by atoms with van der Waals surface area (Å²) in [5, 5.41) is 3.50. The molecule has 0 bridgehead atoms. The Morgan fingerprint density at radius 1 is 1.30 bits per heavy atom. The highest BCUT2D eigenvalue weighted by Gasteiger charge is 2.21. The van der Waals surface area contributed by atoms with Crippen LogP contribution in [0.25, 0.3) is 0 Å². The van der Waals surface area contributed by atoms with Crippen molar-refractivity contribution in [1.82, 2.24) is 4.72 Å². The minimum Gasteiger partial charge on any atom is -0.384 e. The molecule has 0 radical (unpaired) electrons. The average Bonchev–Trinajstić information content (AvgIpc) is 2.47. The molecule has 2 N–H and O–H groups in total. The van der Waals surface area contributed by atoms with E-state index in [9.17, 15) is 8.42 Å². The van der Waals surface area contributed by atoms with E-state index in [-0.39, 0.29) is 0 Å². The summed E-state index contributed by atoms with van der Waals surface area (Å²) in [7, 11) is -3.44. The van der Waals surface area contributed by atoms with Crippen molar-refractivity contribution in [2.24, 2.45) is 0 Å². The highest BCUT2D eigenvalue weighted by Crippen LogP contribution is 2.25. The minimum atomic E-state index is -3.44. The molecule has 0 saturated carbocycles. The first-order valence-corrected chi connectivity index (χ1v) is 9.61. The fraction of sp³-hybridized carbons (Fsp3) is 0.571. The van der Waals surface area contributed by atoms with E-state index in [4.69, 9.17) is 0 Å². The van der Waals surface area contributed by atoms with Crippen LogP contribution in [-0.2, 0) is 10.0 Å². The van der Waals surface area contributed by atoms with Gasteiger partial charge in [-0.2, -0.15) is 11.8 Å². The van der Waals surface area contributed by atoms with Crippen molar-refractivity contribution in [2.75, 3.05) is 24.2 Å². The van der Waals surface area contributed by atoms with Crippen LogP contribution in [0.4, 0.5) is 5.69 Å². The normalized spacial score (nSPS) is 19.8. The van der Waals surface area contributed by atoms with E-state index in [2.05, 4.69) is 10.0 Å². The van der Waals surface area contributed by atoms with E-state index in [1.807, 2.05) is 24.8 Å². The first-order valence-electron chi connectivity index (χ1n) is 7.07. The summed E-state index contributed by atoms with van der Waals surface area (Å²) in [5.41, 5.74) is 0.666. The third-order valence-corrected chi connectivity index (χ3v) is 6.20. The Hall–Kier alpha value is -0.720. The maximum absolute atomic E-state index is 12.4. The second-order valence-corrected chi connectivity index (χ2v) is 8.01. The predicted octanol–water partition coefficient (Wildman–Crippen LogP) is 2.68. The molecule has 4 nitrogen and oxygen atoms in total. The number of thioether (sulfide) groups is 1. The van der Waals surface area contributed by atoms with Crippen molar-refractivity contribution in [3.63, 3.8) is 0 Å². The van der Waals surface area contributed by atoms with E-state index in [0.29, 0.717) is 28.9 Å². The van der Waals surface area contributed by atoms with E-state index < -0.39 is 10.0 Å². The summed E-state index contributed by atoms with van der Waals surface area (Å²) in [6.45, 7) is 3.17. The molecular formula is C14H22N2O2S2. The Bertz CT molecular complexity index is 526. The van der Waals surface area contributed by atoms with Gasteiger partial charge in [-0.25, -0.2) is 13.1 Å². The van der Waals surface area contributed by atoms with Gasteiger partial charge in [0, 0.05) is 18.3 Å². The molecule has 1 aromatic carbocycles. The van der Waals surface area contributed by atoms with Crippen LogP contribution < -0.4 is 10.0 Å². The van der Waals surface area contributed by atoms with Gasteiger partial charge in [0.1, 0.15) is 4.90 Å². The van der Waals surface area contributed by atoms with Gasteiger partial charge >= 0.3 is 0 Å². The molecule has 1 unspecified atom stereocenters. The summed E-state index contributed by atoms with van der Waals surface area (Å²) >= 11 is 1.87. The van der Waals surface area contributed by atoms with Crippen LogP contribution in [0.15, 0.2) is 29.2 Å². The topological polar surface area (TPSA) is 58.2 Å². The predicted molar refractivity (Wildman–Crippen MR) is 85.9 cm³/mol. The summed E-state index contributed by atoms with van der Waals surface area (Å²) in [5.74, 6) is 1.14. The highest BCUT2D eigenvalue weighted by atomic mass is 32.2. The number of hydrogen-bond acceptors (Lipinski definition) is 4. The van der Waals surface area contributed by atoms with E-state index in [1.54, 1.807) is 18.2 Å².